The van der Waals surface area contributed by atoms with E-state index in [4.69, 9.17) is 4.74 Å². The van der Waals surface area contributed by atoms with Crippen LogP contribution < -0.4 is 5.32 Å². The number of carbonyl (C=O) groups is 2. The Kier molecular flexibility index (Phi) is 5.55. The lowest BCUT2D eigenvalue weighted by Crippen LogP contribution is -2.38. The number of hydrogen-bond donors (Lipinski definition) is 1. The van der Waals surface area contributed by atoms with Gasteiger partial charge in [0.1, 0.15) is 6.61 Å². The number of nitrogens with zero attached hydrogens (tertiary/aromatic N) is 3. The molecular weight excluding hydrogens is 332 g/mol. The molecule has 138 valence electrons. The highest BCUT2D eigenvalue weighted by atomic mass is 16.6. The summed E-state index contributed by atoms with van der Waals surface area (Å²) in [5.74, 6) is -0.165. The molecule has 1 N–H and O–H groups in total. The number of hydrogen-bond acceptors (Lipinski definition) is 4. The third kappa shape index (κ3) is 4.41. The summed E-state index contributed by atoms with van der Waals surface area (Å²) in [6.07, 6.45) is 3.67. The molecule has 1 aromatic heterocycles. The van der Waals surface area contributed by atoms with E-state index >= 15 is 0 Å². The molecule has 0 bridgehead atoms. The number of amides is 2. The maximum atomic E-state index is 12.3. The molecule has 1 unspecified atom stereocenters. The lowest BCUT2D eigenvalue weighted by Gasteiger charge is -2.17. The Hall–Kier alpha value is -2.83. The van der Waals surface area contributed by atoms with E-state index in [-0.39, 0.29) is 30.7 Å². The van der Waals surface area contributed by atoms with Gasteiger partial charge in [-0.2, -0.15) is 5.10 Å². The van der Waals surface area contributed by atoms with E-state index in [1.807, 2.05) is 44.2 Å². The third-order valence-corrected chi connectivity index (χ3v) is 4.38. The molecule has 0 saturated carbocycles. The molecule has 1 aliphatic heterocycles. The van der Waals surface area contributed by atoms with Gasteiger partial charge in [-0.05, 0) is 25.8 Å². The molecular formula is C19H24N4O3. The van der Waals surface area contributed by atoms with Gasteiger partial charge in [-0.15, -0.1) is 0 Å². The smallest absolute Gasteiger partial charge is 0.410 e. The number of benzene rings is 1. The Morgan fingerprint density at radius 1 is 1.31 bits per heavy atom. The topological polar surface area (TPSA) is 76.5 Å². The van der Waals surface area contributed by atoms with Crippen LogP contribution >= 0.6 is 0 Å². The van der Waals surface area contributed by atoms with Crippen LogP contribution in [-0.4, -0.2) is 45.8 Å². The normalized spacial score (nSPS) is 16.7. The second-order valence-electron chi connectivity index (χ2n) is 6.75. The molecule has 1 saturated heterocycles. The minimum Gasteiger partial charge on any atom is -0.445 e. The Bertz CT molecular complexity index is 757. The quantitative estimate of drug-likeness (QED) is 0.893. The van der Waals surface area contributed by atoms with Crippen molar-refractivity contribution < 1.29 is 14.3 Å². The van der Waals surface area contributed by atoms with Gasteiger partial charge < -0.3 is 15.0 Å². The van der Waals surface area contributed by atoms with E-state index in [0.717, 1.165) is 5.56 Å². The Balaban J connectivity index is 1.47. The predicted molar refractivity (Wildman–Crippen MR) is 96.7 cm³/mol. The summed E-state index contributed by atoms with van der Waals surface area (Å²) in [5.41, 5.74) is 1.48. The first-order valence-corrected chi connectivity index (χ1v) is 8.83. The van der Waals surface area contributed by atoms with Crippen LogP contribution in [0.2, 0.25) is 0 Å². The van der Waals surface area contributed by atoms with Crippen LogP contribution in [0, 0.1) is 0 Å². The number of likely N-dealkylation sites (tertiary alicyclic amines) is 1. The van der Waals surface area contributed by atoms with Crippen LogP contribution in [0.25, 0.3) is 0 Å². The first-order chi connectivity index (χ1) is 12.5. The molecule has 2 amide bonds. The SMILES string of the molecule is CC(C)n1cc(C(=O)NC2CCN(C(=O)OCc3ccccc3)C2)cn1. The zero-order valence-electron chi connectivity index (χ0n) is 15.1. The average molecular weight is 356 g/mol. The van der Waals surface area contributed by atoms with Gasteiger partial charge in [0.2, 0.25) is 0 Å². The van der Waals surface area contributed by atoms with Crippen molar-refractivity contribution in [3.05, 3.63) is 53.9 Å². The molecule has 2 aromatic rings. The minimum absolute atomic E-state index is 0.0748. The summed E-state index contributed by atoms with van der Waals surface area (Å²) in [6, 6.07) is 9.70. The summed E-state index contributed by atoms with van der Waals surface area (Å²) in [6.45, 7) is 5.29. The molecule has 0 spiro atoms. The number of carbonyl (C=O) groups excluding carboxylic acids is 2. The van der Waals surface area contributed by atoms with Gasteiger partial charge in [0.05, 0.1) is 11.8 Å². The molecule has 1 fully saturated rings. The van der Waals surface area contributed by atoms with Crippen LogP contribution in [0.1, 0.15) is 42.2 Å². The molecule has 7 heteroatoms. The third-order valence-electron chi connectivity index (χ3n) is 4.38. The number of nitrogens with one attached hydrogen (secondary N) is 1. The molecule has 1 atom stereocenters. The number of rotatable bonds is 5. The van der Waals surface area contributed by atoms with Crippen molar-refractivity contribution in [2.24, 2.45) is 0 Å². The zero-order valence-corrected chi connectivity index (χ0v) is 15.1. The van der Waals surface area contributed by atoms with Crippen molar-refractivity contribution in [1.29, 1.82) is 0 Å². The first-order valence-electron chi connectivity index (χ1n) is 8.83. The van der Waals surface area contributed by atoms with Crippen molar-refractivity contribution in [1.82, 2.24) is 20.0 Å². The average Bonchev–Trinajstić information content (AvgIpc) is 3.30. The van der Waals surface area contributed by atoms with E-state index in [2.05, 4.69) is 10.4 Å². The lowest BCUT2D eigenvalue weighted by atomic mass is 10.2. The molecule has 0 radical (unpaired) electrons. The second-order valence-corrected chi connectivity index (χ2v) is 6.75. The van der Waals surface area contributed by atoms with Crippen LogP contribution in [-0.2, 0) is 11.3 Å². The summed E-state index contributed by atoms with van der Waals surface area (Å²) in [4.78, 5) is 26.1. The first kappa shape index (κ1) is 18.0. The molecule has 1 aromatic carbocycles. The fourth-order valence-electron chi connectivity index (χ4n) is 2.86. The van der Waals surface area contributed by atoms with E-state index in [1.54, 1.807) is 22.0 Å². The van der Waals surface area contributed by atoms with Gasteiger partial charge in [0, 0.05) is 31.4 Å². The molecule has 3 rings (SSSR count). The molecule has 2 heterocycles. The summed E-state index contributed by atoms with van der Waals surface area (Å²) in [7, 11) is 0. The van der Waals surface area contributed by atoms with Gasteiger partial charge in [-0.25, -0.2) is 4.79 Å². The molecule has 1 aliphatic rings. The highest BCUT2D eigenvalue weighted by Gasteiger charge is 2.28. The van der Waals surface area contributed by atoms with Gasteiger partial charge in [-0.3, -0.25) is 9.48 Å². The fourth-order valence-corrected chi connectivity index (χ4v) is 2.86. The molecule has 26 heavy (non-hydrogen) atoms. The van der Waals surface area contributed by atoms with E-state index in [0.29, 0.717) is 25.1 Å². The predicted octanol–water partition coefficient (Wildman–Crippen LogP) is 2.60. The van der Waals surface area contributed by atoms with Crippen molar-refractivity contribution in [2.75, 3.05) is 13.1 Å². The Morgan fingerprint density at radius 3 is 2.77 bits per heavy atom. The summed E-state index contributed by atoms with van der Waals surface area (Å²) >= 11 is 0. The van der Waals surface area contributed by atoms with Crippen LogP contribution in [0.15, 0.2) is 42.7 Å². The van der Waals surface area contributed by atoms with Gasteiger partial charge in [0.25, 0.3) is 5.91 Å². The van der Waals surface area contributed by atoms with Crippen LogP contribution in [0.4, 0.5) is 4.79 Å². The van der Waals surface area contributed by atoms with Crippen molar-refractivity contribution in [3.8, 4) is 0 Å². The second kappa shape index (κ2) is 8.03. The lowest BCUT2D eigenvalue weighted by molar-refractivity contribution is 0.0922. The summed E-state index contributed by atoms with van der Waals surface area (Å²) < 4.78 is 7.09. The van der Waals surface area contributed by atoms with Crippen LogP contribution in [0.5, 0.6) is 0 Å². The van der Waals surface area contributed by atoms with Crippen molar-refractivity contribution in [2.45, 2.75) is 39.0 Å². The maximum absolute atomic E-state index is 12.3. The Labute approximate surface area is 152 Å². The fraction of sp³-hybridized carbons (Fsp3) is 0.421. The highest BCUT2D eigenvalue weighted by Crippen LogP contribution is 2.13. The summed E-state index contributed by atoms with van der Waals surface area (Å²) in [5, 5.41) is 7.14. The monoisotopic (exact) mass is 356 g/mol. The number of ether oxygens (including phenoxy) is 1. The van der Waals surface area contributed by atoms with Gasteiger partial charge >= 0.3 is 6.09 Å². The van der Waals surface area contributed by atoms with Crippen LogP contribution in [0.3, 0.4) is 0 Å². The van der Waals surface area contributed by atoms with E-state index in [9.17, 15) is 9.59 Å². The zero-order chi connectivity index (χ0) is 18.5. The largest absolute Gasteiger partial charge is 0.445 e. The van der Waals surface area contributed by atoms with Gasteiger partial charge in [-0.1, -0.05) is 30.3 Å². The Morgan fingerprint density at radius 2 is 2.08 bits per heavy atom. The minimum atomic E-state index is -0.349. The molecule has 0 aliphatic carbocycles. The highest BCUT2D eigenvalue weighted by molar-refractivity contribution is 5.94. The van der Waals surface area contributed by atoms with Crippen molar-refractivity contribution >= 4 is 12.0 Å². The van der Waals surface area contributed by atoms with Crippen molar-refractivity contribution in [3.63, 3.8) is 0 Å². The van der Waals surface area contributed by atoms with Gasteiger partial charge in [0.15, 0.2) is 0 Å². The maximum Gasteiger partial charge on any atom is 0.410 e. The standard InChI is InChI=1S/C19H24N4O3/c1-14(2)23-11-16(10-20-23)18(24)21-17-8-9-22(12-17)19(25)26-13-15-6-4-3-5-7-15/h3-7,10-11,14,17H,8-9,12-13H2,1-2H3,(H,21,24). The van der Waals surface area contributed by atoms with E-state index < -0.39 is 0 Å². The number of aromatic nitrogens is 2. The van der Waals surface area contributed by atoms with E-state index in [1.165, 1.54) is 0 Å². The molecule has 7 nitrogen and oxygen atoms in total.